The molecule has 1 heterocycles. The topological polar surface area (TPSA) is 127 Å². The normalized spacial score (nSPS) is 13.9. The number of halogens is 1. The summed E-state index contributed by atoms with van der Waals surface area (Å²) in [6.45, 7) is 5.41. The van der Waals surface area contributed by atoms with Gasteiger partial charge in [0.1, 0.15) is 0 Å². The van der Waals surface area contributed by atoms with Gasteiger partial charge in [0.25, 0.3) is 5.69 Å². The third-order valence-corrected chi connectivity index (χ3v) is 5.43. The fourth-order valence-electron chi connectivity index (χ4n) is 3.14. The summed E-state index contributed by atoms with van der Waals surface area (Å²) in [5, 5.41) is 11.2. The van der Waals surface area contributed by atoms with Crippen molar-refractivity contribution < 1.29 is 33.5 Å². The van der Waals surface area contributed by atoms with E-state index in [1.807, 2.05) is 22.6 Å². The largest absolute Gasteiger partial charge is 0.490 e. The molecular formula is C23H21IN2O8. The zero-order valence-corrected chi connectivity index (χ0v) is 20.8. The van der Waals surface area contributed by atoms with Gasteiger partial charge in [0.2, 0.25) is 5.90 Å². The number of carbonyl (C=O) groups excluding carboxylic acids is 2. The van der Waals surface area contributed by atoms with Crippen LogP contribution < -0.4 is 9.47 Å². The summed E-state index contributed by atoms with van der Waals surface area (Å²) in [4.78, 5) is 39.1. The van der Waals surface area contributed by atoms with Crippen molar-refractivity contribution in [1.82, 2.24) is 0 Å². The minimum Gasteiger partial charge on any atom is -0.490 e. The number of ether oxygens (including phenoxy) is 4. The van der Waals surface area contributed by atoms with Crippen LogP contribution in [0.15, 0.2) is 41.0 Å². The Morgan fingerprint density at radius 1 is 1.24 bits per heavy atom. The molecule has 0 aliphatic carbocycles. The Hall–Kier alpha value is -3.48. The van der Waals surface area contributed by atoms with Gasteiger partial charge in [-0.15, -0.1) is 0 Å². The van der Waals surface area contributed by atoms with E-state index >= 15 is 0 Å². The van der Waals surface area contributed by atoms with Crippen LogP contribution in [-0.2, 0) is 19.1 Å². The van der Waals surface area contributed by atoms with E-state index in [1.54, 1.807) is 39.0 Å². The molecule has 3 rings (SSSR count). The van der Waals surface area contributed by atoms with Gasteiger partial charge in [-0.05, 0) is 73.2 Å². The lowest BCUT2D eigenvalue weighted by molar-refractivity contribution is -0.385. The van der Waals surface area contributed by atoms with Crippen LogP contribution in [0.5, 0.6) is 11.5 Å². The lowest BCUT2D eigenvalue weighted by atomic mass is 10.1. The van der Waals surface area contributed by atoms with Crippen molar-refractivity contribution in [3.05, 3.63) is 66.4 Å². The van der Waals surface area contributed by atoms with Crippen molar-refractivity contribution in [3.63, 3.8) is 0 Å². The van der Waals surface area contributed by atoms with E-state index in [9.17, 15) is 19.7 Å². The average molecular weight is 580 g/mol. The van der Waals surface area contributed by atoms with Gasteiger partial charge in [0.15, 0.2) is 23.8 Å². The lowest BCUT2D eigenvalue weighted by Gasteiger charge is -2.14. The monoisotopic (exact) mass is 580 g/mol. The maximum atomic E-state index is 12.4. The van der Waals surface area contributed by atoms with Gasteiger partial charge < -0.3 is 18.9 Å². The van der Waals surface area contributed by atoms with Gasteiger partial charge in [-0.1, -0.05) is 6.07 Å². The number of nitro groups is 1. The molecule has 0 radical (unpaired) electrons. The molecule has 178 valence electrons. The Morgan fingerprint density at radius 3 is 2.68 bits per heavy atom. The summed E-state index contributed by atoms with van der Waals surface area (Å²) >= 11 is 2.04. The van der Waals surface area contributed by atoms with Crippen LogP contribution in [0.4, 0.5) is 5.69 Å². The molecule has 0 N–H and O–H groups in total. The van der Waals surface area contributed by atoms with Crippen molar-refractivity contribution in [3.8, 4) is 11.5 Å². The number of hydrogen-bond acceptors (Lipinski definition) is 9. The fraction of sp³-hybridized carbons (Fsp3) is 0.261. The van der Waals surface area contributed by atoms with E-state index in [-0.39, 0.29) is 30.5 Å². The van der Waals surface area contributed by atoms with Crippen LogP contribution in [0, 0.1) is 20.6 Å². The predicted octanol–water partition coefficient (Wildman–Crippen LogP) is 4.19. The number of cyclic esters (lactones) is 1. The molecule has 0 spiro atoms. The number of esters is 2. The summed E-state index contributed by atoms with van der Waals surface area (Å²) in [5.74, 6) is -0.430. The van der Waals surface area contributed by atoms with E-state index in [0.717, 1.165) is 0 Å². The molecule has 34 heavy (non-hydrogen) atoms. The maximum Gasteiger partial charge on any atom is 0.363 e. The molecule has 2 aromatic rings. The Balaban J connectivity index is 1.94. The molecule has 0 saturated carbocycles. The first-order valence-corrected chi connectivity index (χ1v) is 11.3. The molecule has 2 aromatic carbocycles. The first-order chi connectivity index (χ1) is 16.2. The SMILES string of the molecule is CCOC(=O)COc1c(I)cc(/C=C2\N=C(c3cccc([N+](=O)[O-])c3C)OC2=O)cc1OCC. The average Bonchev–Trinajstić information content (AvgIpc) is 3.13. The van der Waals surface area contributed by atoms with Gasteiger partial charge in [0.05, 0.1) is 21.7 Å². The van der Waals surface area contributed by atoms with Gasteiger partial charge >= 0.3 is 11.9 Å². The smallest absolute Gasteiger partial charge is 0.363 e. The van der Waals surface area contributed by atoms with Gasteiger partial charge in [0, 0.05) is 17.2 Å². The summed E-state index contributed by atoms with van der Waals surface area (Å²) in [6.07, 6.45) is 1.52. The first kappa shape index (κ1) is 25.1. The molecule has 0 atom stereocenters. The van der Waals surface area contributed by atoms with Crippen LogP contribution in [0.2, 0.25) is 0 Å². The Bertz CT molecular complexity index is 1210. The Morgan fingerprint density at radius 2 is 2.00 bits per heavy atom. The molecule has 0 aromatic heterocycles. The second kappa shape index (κ2) is 11.1. The minimum absolute atomic E-state index is 0.00781. The number of carbonyl (C=O) groups is 2. The van der Waals surface area contributed by atoms with E-state index in [0.29, 0.717) is 38.4 Å². The third-order valence-electron chi connectivity index (χ3n) is 4.63. The molecule has 0 saturated heterocycles. The fourth-order valence-corrected chi connectivity index (χ4v) is 3.92. The molecule has 1 aliphatic heterocycles. The maximum absolute atomic E-state index is 12.4. The van der Waals surface area contributed by atoms with Crippen molar-refractivity contribution in [2.45, 2.75) is 20.8 Å². The van der Waals surface area contributed by atoms with Gasteiger partial charge in [-0.25, -0.2) is 14.6 Å². The number of benzene rings is 2. The molecule has 0 amide bonds. The number of nitro benzene ring substituents is 1. The zero-order chi connectivity index (χ0) is 24.8. The first-order valence-electron chi connectivity index (χ1n) is 10.3. The molecule has 1 aliphatic rings. The second-order valence-electron chi connectivity index (χ2n) is 6.90. The number of rotatable bonds is 9. The number of nitrogens with zero attached hydrogens (tertiary/aromatic N) is 2. The van der Waals surface area contributed by atoms with Crippen molar-refractivity contribution in [1.29, 1.82) is 0 Å². The quantitative estimate of drug-likeness (QED) is 0.142. The van der Waals surface area contributed by atoms with Crippen LogP contribution in [-0.4, -0.2) is 42.6 Å². The highest BCUT2D eigenvalue weighted by Gasteiger charge is 2.27. The van der Waals surface area contributed by atoms with Crippen molar-refractivity contribution in [2.24, 2.45) is 4.99 Å². The third kappa shape index (κ3) is 5.71. The van der Waals surface area contributed by atoms with E-state index in [2.05, 4.69) is 4.99 Å². The number of aliphatic imine (C=N–C) groups is 1. The molecule has 0 unspecified atom stereocenters. The van der Waals surface area contributed by atoms with Crippen LogP contribution in [0.1, 0.15) is 30.5 Å². The highest BCUT2D eigenvalue weighted by atomic mass is 127. The Kier molecular flexibility index (Phi) is 8.21. The predicted molar refractivity (Wildman–Crippen MR) is 131 cm³/mol. The van der Waals surface area contributed by atoms with E-state index in [4.69, 9.17) is 18.9 Å². The molecule has 11 heteroatoms. The van der Waals surface area contributed by atoms with Crippen molar-refractivity contribution >= 4 is 52.2 Å². The van der Waals surface area contributed by atoms with E-state index < -0.39 is 16.9 Å². The second-order valence-corrected chi connectivity index (χ2v) is 8.06. The van der Waals surface area contributed by atoms with Crippen LogP contribution >= 0.6 is 22.6 Å². The molecule has 10 nitrogen and oxygen atoms in total. The van der Waals surface area contributed by atoms with Gasteiger partial charge in [-0.3, -0.25) is 10.1 Å². The summed E-state index contributed by atoms with van der Waals surface area (Å²) in [6, 6.07) is 7.86. The lowest BCUT2D eigenvalue weighted by Crippen LogP contribution is -2.15. The highest BCUT2D eigenvalue weighted by Crippen LogP contribution is 2.35. The number of hydrogen-bond donors (Lipinski definition) is 0. The minimum atomic E-state index is -0.684. The van der Waals surface area contributed by atoms with Crippen LogP contribution in [0.3, 0.4) is 0 Å². The summed E-state index contributed by atoms with van der Waals surface area (Å²) < 4.78 is 22.1. The molecular weight excluding hydrogens is 559 g/mol. The zero-order valence-electron chi connectivity index (χ0n) is 18.6. The highest BCUT2D eigenvalue weighted by molar-refractivity contribution is 14.1. The Labute approximate surface area is 208 Å². The van der Waals surface area contributed by atoms with Crippen molar-refractivity contribution in [2.75, 3.05) is 19.8 Å². The van der Waals surface area contributed by atoms with Crippen LogP contribution in [0.25, 0.3) is 6.08 Å². The molecule has 0 bridgehead atoms. The standard InChI is InChI=1S/C23H21IN2O8/c1-4-31-19-11-14(9-16(24)21(19)33-12-20(27)32-5-2)10-17-23(28)34-22(25-17)15-7-6-8-18(13(15)3)26(29)30/h6-11H,4-5,12H2,1-3H3/b17-10-. The summed E-state index contributed by atoms with van der Waals surface area (Å²) in [7, 11) is 0. The molecule has 0 fully saturated rings. The van der Waals surface area contributed by atoms with E-state index in [1.165, 1.54) is 18.2 Å². The summed E-state index contributed by atoms with van der Waals surface area (Å²) in [5.41, 5.74) is 1.22. The van der Waals surface area contributed by atoms with Gasteiger partial charge in [-0.2, -0.15) is 0 Å².